The summed E-state index contributed by atoms with van der Waals surface area (Å²) in [4.78, 5) is 27.0. The smallest absolute Gasteiger partial charge is 0.338 e. The lowest BCUT2D eigenvalue weighted by Crippen LogP contribution is -2.16. The van der Waals surface area contributed by atoms with Crippen LogP contribution >= 0.6 is 11.6 Å². The van der Waals surface area contributed by atoms with E-state index in [2.05, 4.69) is 4.98 Å². The number of benzene rings is 2. The summed E-state index contributed by atoms with van der Waals surface area (Å²) < 4.78 is 5.54. The molecule has 5 heteroatoms. The van der Waals surface area contributed by atoms with Gasteiger partial charge in [0.25, 0.3) is 0 Å². The molecule has 26 heavy (non-hydrogen) atoms. The third kappa shape index (κ3) is 3.97. The van der Waals surface area contributed by atoms with Crippen molar-refractivity contribution in [3.8, 4) is 0 Å². The molecule has 134 valence electrons. The first-order chi connectivity index (χ1) is 12.5. The number of Topliss-reactive ketones (excluding diaryl/α,β-unsaturated/α-hetero) is 1. The number of aromatic amines is 1. The summed E-state index contributed by atoms with van der Waals surface area (Å²) >= 11 is 6.30. The molecule has 1 atom stereocenters. The fraction of sp³-hybridized carbons (Fsp3) is 0.238. The van der Waals surface area contributed by atoms with Crippen molar-refractivity contribution in [1.29, 1.82) is 0 Å². The van der Waals surface area contributed by atoms with Gasteiger partial charge in [0.05, 0.1) is 16.7 Å². The van der Waals surface area contributed by atoms with Crippen LogP contribution in [0.4, 0.5) is 0 Å². The van der Waals surface area contributed by atoms with Crippen LogP contribution in [0.2, 0.25) is 5.02 Å². The largest absolute Gasteiger partial charge is 0.459 e. The molecule has 1 N–H and O–H groups in total. The SMILES string of the molecule is CC(=O)c1cccc(CCC(C)OC(=O)c2ccc3cc[nH]c3c2)c1Cl. The quantitative estimate of drug-likeness (QED) is 0.479. The first-order valence-electron chi connectivity index (χ1n) is 8.52. The minimum absolute atomic E-state index is 0.0592. The highest BCUT2D eigenvalue weighted by molar-refractivity contribution is 6.34. The number of aromatic nitrogens is 1. The van der Waals surface area contributed by atoms with Gasteiger partial charge in [-0.2, -0.15) is 0 Å². The summed E-state index contributed by atoms with van der Waals surface area (Å²) in [6, 6.07) is 12.8. The van der Waals surface area contributed by atoms with E-state index >= 15 is 0 Å². The Morgan fingerprint density at radius 1 is 1.19 bits per heavy atom. The van der Waals surface area contributed by atoms with Crippen LogP contribution in [0, 0.1) is 0 Å². The van der Waals surface area contributed by atoms with Crippen LogP contribution in [-0.4, -0.2) is 22.8 Å². The zero-order valence-corrected chi connectivity index (χ0v) is 15.5. The van der Waals surface area contributed by atoms with Gasteiger partial charge in [0.2, 0.25) is 0 Å². The van der Waals surface area contributed by atoms with E-state index in [0.29, 0.717) is 29.0 Å². The molecular weight excluding hydrogens is 350 g/mol. The van der Waals surface area contributed by atoms with E-state index in [1.54, 1.807) is 18.2 Å². The number of aryl methyl sites for hydroxylation is 1. The van der Waals surface area contributed by atoms with E-state index in [9.17, 15) is 9.59 Å². The summed E-state index contributed by atoms with van der Waals surface area (Å²) in [6.07, 6.45) is 2.82. The average molecular weight is 370 g/mol. The summed E-state index contributed by atoms with van der Waals surface area (Å²) in [5, 5.41) is 1.53. The molecule has 1 aromatic heterocycles. The predicted molar refractivity (Wildman–Crippen MR) is 103 cm³/mol. The second-order valence-electron chi connectivity index (χ2n) is 6.37. The Hall–Kier alpha value is -2.59. The van der Waals surface area contributed by atoms with Crippen LogP contribution in [0.25, 0.3) is 10.9 Å². The third-order valence-corrected chi connectivity index (χ3v) is 4.82. The van der Waals surface area contributed by atoms with E-state index in [1.165, 1.54) is 6.92 Å². The van der Waals surface area contributed by atoms with Gasteiger partial charge >= 0.3 is 5.97 Å². The van der Waals surface area contributed by atoms with Crippen LogP contribution < -0.4 is 0 Å². The van der Waals surface area contributed by atoms with Gasteiger partial charge in [0.1, 0.15) is 0 Å². The number of fused-ring (bicyclic) bond motifs is 1. The first kappa shape index (κ1) is 18.2. The molecule has 0 fully saturated rings. The Kier molecular flexibility index (Phi) is 5.43. The molecule has 0 aliphatic carbocycles. The number of rotatable bonds is 6. The summed E-state index contributed by atoms with van der Waals surface area (Å²) in [5.41, 5.74) is 2.83. The number of ketones is 1. The highest BCUT2D eigenvalue weighted by Crippen LogP contribution is 2.24. The molecule has 2 aromatic carbocycles. The molecular formula is C21H20ClNO3. The number of carbonyl (C=O) groups excluding carboxylic acids is 2. The van der Waals surface area contributed by atoms with Gasteiger partial charge in [-0.3, -0.25) is 4.79 Å². The monoisotopic (exact) mass is 369 g/mol. The molecule has 3 aromatic rings. The van der Waals surface area contributed by atoms with Crippen LogP contribution in [0.15, 0.2) is 48.7 Å². The lowest BCUT2D eigenvalue weighted by Gasteiger charge is -2.14. The number of ether oxygens (including phenoxy) is 1. The maximum Gasteiger partial charge on any atom is 0.338 e. The van der Waals surface area contributed by atoms with Crippen LogP contribution in [0.3, 0.4) is 0 Å². The summed E-state index contributed by atoms with van der Waals surface area (Å²) in [6.45, 7) is 3.35. The summed E-state index contributed by atoms with van der Waals surface area (Å²) in [7, 11) is 0. The number of carbonyl (C=O) groups is 2. The molecule has 0 saturated heterocycles. The van der Waals surface area contributed by atoms with Gasteiger partial charge in [-0.05, 0) is 61.9 Å². The molecule has 0 amide bonds. The molecule has 1 unspecified atom stereocenters. The van der Waals surface area contributed by atoms with E-state index in [4.69, 9.17) is 16.3 Å². The minimum Gasteiger partial charge on any atom is -0.459 e. The van der Waals surface area contributed by atoms with Crippen molar-refractivity contribution in [3.63, 3.8) is 0 Å². The Bertz CT molecular complexity index is 961. The van der Waals surface area contributed by atoms with Crippen molar-refractivity contribution in [3.05, 3.63) is 70.4 Å². The van der Waals surface area contributed by atoms with Gasteiger partial charge in [0, 0.05) is 17.3 Å². The average Bonchev–Trinajstić information content (AvgIpc) is 3.08. The molecule has 1 heterocycles. The molecule has 4 nitrogen and oxygen atoms in total. The molecule has 0 aliphatic rings. The summed E-state index contributed by atoms with van der Waals surface area (Å²) in [5.74, 6) is -0.409. The maximum atomic E-state index is 12.3. The molecule has 0 saturated carbocycles. The lowest BCUT2D eigenvalue weighted by atomic mass is 10.0. The van der Waals surface area contributed by atoms with Crippen LogP contribution in [-0.2, 0) is 11.2 Å². The Balaban J connectivity index is 1.62. The number of esters is 1. The fourth-order valence-corrected chi connectivity index (χ4v) is 3.24. The van der Waals surface area contributed by atoms with Crippen LogP contribution in [0.5, 0.6) is 0 Å². The van der Waals surface area contributed by atoms with Gasteiger partial charge < -0.3 is 9.72 Å². The van der Waals surface area contributed by atoms with E-state index in [1.807, 2.05) is 37.4 Å². The van der Waals surface area contributed by atoms with Gasteiger partial charge in [-0.25, -0.2) is 4.79 Å². The second kappa shape index (κ2) is 7.75. The third-order valence-electron chi connectivity index (χ3n) is 4.38. The van der Waals surface area contributed by atoms with Gasteiger partial charge in [-0.1, -0.05) is 29.8 Å². The highest BCUT2D eigenvalue weighted by Gasteiger charge is 2.15. The zero-order valence-electron chi connectivity index (χ0n) is 14.7. The van der Waals surface area contributed by atoms with Crippen molar-refractivity contribution in [2.24, 2.45) is 0 Å². The Labute approximate surface area is 157 Å². The molecule has 0 bridgehead atoms. The van der Waals surface area contributed by atoms with E-state index in [-0.39, 0.29) is 17.9 Å². The normalized spacial score (nSPS) is 12.1. The number of hydrogen-bond donors (Lipinski definition) is 1. The molecule has 0 radical (unpaired) electrons. The Morgan fingerprint density at radius 3 is 2.77 bits per heavy atom. The number of nitrogens with one attached hydrogen (secondary N) is 1. The van der Waals surface area contributed by atoms with Gasteiger partial charge in [-0.15, -0.1) is 0 Å². The van der Waals surface area contributed by atoms with E-state index in [0.717, 1.165) is 16.5 Å². The molecule has 0 aliphatic heterocycles. The highest BCUT2D eigenvalue weighted by atomic mass is 35.5. The van der Waals surface area contributed by atoms with Gasteiger partial charge in [0.15, 0.2) is 5.78 Å². The molecule has 3 rings (SSSR count). The van der Waals surface area contributed by atoms with Crippen LogP contribution in [0.1, 0.15) is 46.5 Å². The number of halogens is 1. The van der Waals surface area contributed by atoms with Crippen molar-refractivity contribution in [1.82, 2.24) is 4.98 Å². The predicted octanol–water partition coefficient (Wildman–Crippen LogP) is 5.20. The Morgan fingerprint density at radius 2 is 2.00 bits per heavy atom. The van der Waals surface area contributed by atoms with Crippen molar-refractivity contribution in [2.45, 2.75) is 32.8 Å². The zero-order chi connectivity index (χ0) is 18.7. The maximum absolute atomic E-state index is 12.3. The molecule has 0 spiro atoms. The van der Waals surface area contributed by atoms with Crippen molar-refractivity contribution < 1.29 is 14.3 Å². The van der Waals surface area contributed by atoms with E-state index < -0.39 is 0 Å². The fourth-order valence-electron chi connectivity index (χ4n) is 2.89. The second-order valence-corrected chi connectivity index (χ2v) is 6.75. The minimum atomic E-state index is -0.349. The number of H-pyrrole nitrogens is 1. The van der Waals surface area contributed by atoms with Crippen molar-refractivity contribution >= 4 is 34.3 Å². The first-order valence-corrected chi connectivity index (χ1v) is 8.90. The standard InChI is InChI=1S/C21H20ClNO3/c1-13(6-7-16-4-3-5-18(14(2)24)20(16)22)26-21(25)17-9-8-15-10-11-23-19(15)12-17/h3-5,8-13,23H,6-7H2,1-2H3. The van der Waals surface area contributed by atoms with Crippen molar-refractivity contribution in [2.75, 3.05) is 0 Å². The lowest BCUT2D eigenvalue weighted by molar-refractivity contribution is 0.0325. The topological polar surface area (TPSA) is 59.2 Å². The number of hydrogen-bond acceptors (Lipinski definition) is 3.